The number of halogens is 1. The molecule has 1 saturated heterocycles. The van der Waals surface area contributed by atoms with Gasteiger partial charge in [-0.05, 0) is 6.42 Å². The Kier molecular flexibility index (Phi) is 3.28. The minimum Gasteiger partial charge on any atom is -0.380 e. The molecule has 2 unspecified atom stereocenters. The number of carbonyl (C=O) groups is 1. The maximum Gasteiger partial charge on any atom is 0.199 e. The number of nitrogens with zero attached hydrogens (tertiary/aromatic N) is 2. The van der Waals surface area contributed by atoms with Crippen LogP contribution in [0.2, 0.25) is 5.02 Å². The number of hydrogen-bond donors (Lipinski definition) is 1. The van der Waals surface area contributed by atoms with Crippen LogP contribution in [0.25, 0.3) is 0 Å². The number of ketones is 1. The molecule has 1 aromatic rings. The molecule has 0 aromatic carbocycles. The van der Waals surface area contributed by atoms with Crippen molar-refractivity contribution in [3.63, 3.8) is 0 Å². The normalized spacial score (nSPS) is 24.9. The zero-order valence-corrected chi connectivity index (χ0v) is 9.99. The number of nitrogens with one attached hydrogen (secondary N) is 1. The van der Waals surface area contributed by atoms with E-state index in [0.717, 1.165) is 0 Å². The molecular formula is C10H14ClN3O2. The van der Waals surface area contributed by atoms with Gasteiger partial charge in [0.05, 0.1) is 23.4 Å². The molecule has 0 bridgehead atoms. The highest BCUT2D eigenvalue weighted by molar-refractivity contribution is 6.33. The number of aromatic nitrogens is 2. The van der Waals surface area contributed by atoms with Gasteiger partial charge in [-0.1, -0.05) is 11.6 Å². The Labute approximate surface area is 98.7 Å². The van der Waals surface area contributed by atoms with Crippen LogP contribution in [0, 0.1) is 0 Å². The van der Waals surface area contributed by atoms with Crippen molar-refractivity contribution in [3.8, 4) is 0 Å². The van der Waals surface area contributed by atoms with Gasteiger partial charge in [-0.15, -0.1) is 0 Å². The Morgan fingerprint density at radius 1 is 1.75 bits per heavy atom. The molecule has 2 rings (SSSR count). The Hall–Kier alpha value is -0.910. The second-order valence-corrected chi connectivity index (χ2v) is 4.29. The molecule has 2 heterocycles. The second-order valence-electron chi connectivity index (χ2n) is 3.88. The number of aryl methyl sites for hydroxylation is 1. The lowest BCUT2D eigenvalue weighted by molar-refractivity contribution is 0.0910. The molecule has 0 aliphatic carbocycles. The lowest BCUT2D eigenvalue weighted by Crippen LogP contribution is -2.32. The average molecular weight is 244 g/mol. The molecule has 1 fully saturated rings. The molecular weight excluding hydrogens is 230 g/mol. The van der Waals surface area contributed by atoms with Crippen LogP contribution in [0.5, 0.6) is 0 Å². The van der Waals surface area contributed by atoms with Crippen LogP contribution in [-0.2, 0) is 11.8 Å². The van der Waals surface area contributed by atoms with Gasteiger partial charge in [0, 0.05) is 20.7 Å². The lowest BCUT2D eigenvalue weighted by atomic mass is 10.1. The average Bonchev–Trinajstić information content (AvgIpc) is 2.85. The summed E-state index contributed by atoms with van der Waals surface area (Å²) in [6.45, 7) is 0.697. The van der Waals surface area contributed by atoms with E-state index in [4.69, 9.17) is 16.3 Å². The summed E-state index contributed by atoms with van der Waals surface area (Å²) >= 11 is 5.93. The summed E-state index contributed by atoms with van der Waals surface area (Å²) in [5.74, 6) is -0.0236. The van der Waals surface area contributed by atoms with Crippen molar-refractivity contribution >= 4 is 17.4 Å². The highest BCUT2D eigenvalue weighted by atomic mass is 35.5. The smallest absolute Gasteiger partial charge is 0.199 e. The minimum atomic E-state index is -0.224. The van der Waals surface area contributed by atoms with E-state index >= 15 is 0 Å². The van der Waals surface area contributed by atoms with E-state index in [1.807, 2.05) is 0 Å². The molecule has 5 nitrogen and oxygen atoms in total. The van der Waals surface area contributed by atoms with E-state index < -0.39 is 0 Å². The van der Waals surface area contributed by atoms with Crippen LogP contribution in [0.3, 0.4) is 0 Å². The van der Waals surface area contributed by atoms with Gasteiger partial charge in [0.2, 0.25) is 0 Å². The van der Waals surface area contributed by atoms with Gasteiger partial charge < -0.3 is 10.1 Å². The van der Waals surface area contributed by atoms with Crippen LogP contribution in [-0.4, -0.2) is 41.4 Å². The van der Waals surface area contributed by atoms with Crippen LogP contribution in [0.1, 0.15) is 16.9 Å². The van der Waals surface area contributed by atoms with Crippen LogP contribution < -0.4 is 5.32 Å². The van der Waals surface area contributed by atoms with Gasteiger partial charge in [0.1, 0.15) is 5.69 Å². The third-order valence-electron chi connectivity index (χ3n) is 2.87. The highest BCUT2D eigenvalue weighted by Crippen LogP contribution is 2.20. The molecule has 0 radical (unpaired) electrons. The summed E-state index contributed by atoms with van der Waals surface area (Å²) in [4.78, 5) is 12.1. The molecule has 88 valence electrons. The maximum absolute atomic E-state index is 12.1. The van der Waals surface area contributed by atoms with Crippen LogP contribution in [0.15, 0.2) is 6.20 Å². The number of ether oxygens (including phenoxy) is 1. The van der Waals surface area contributed by atoms with Crippen molar-refractivity contribution in [2.24, 2.45) is 7.05 Å². The van der Waals surface area contributed by atoms with Gasteiger partial charge in [0.15, 0.2) is 5.78 Å². The Morgan fingerprint density at radius 3 is 3.00 bits per heavy atom. The van der Waals surface area contributed by atoms with Crippen molar-refractivity contribution in [2.75, 3.05) is 13.7 Å². The number of hydrogen-bond acceptors (Lipinski definition) is 4. The van der Waals surface area contributed by atoms with Crippen LogP contribution in [0.4, 0.5) is 0 Å². The van der Waals surface area contributed by atoms with Gasteiger partial charge in [-0.25, -0.2) is 0 Å². The standard InChI is InChI=1S/C10H14ClN3O2/c1-14-9(7(11)5-13-14)10(15)8-3-6(16-2)4-12-8/h5-6,8,12H,3-4H2,1-2H3. The van der Waals surface area contributed by atoms with Crippen LogP contribution >= 0.6 is 11.6 Å². The van der Waals surface area contributed by atoms with E-state index in [2.05, 4.69) is 10.4 Å². The summed E-state index contributed by atoms with van der Waals surface area (Å²) < 4.78 is 6.71. The first-order valence-corrected chi connectivity index (χ1v) is 5.49. The Balaban J connectivity index is 2.15. The summed E-state index contributed by atoms with van der Waals surface area (Å²) in [6, 6.07) is -0.224. The SMILES string of the molecule is COC1CNC(C(=O)c2c(Cl)cnn2C)C1. The Morgan fingerprint density at radius 2 is 2.50 bits per heavy atom. The monoisotopic (exact) mass is 243 g/mol. The highest BCUT2D eigenvalue weighted by Gasteiger charge is 2.32. The molecule has 16 heavy (non-hydrogen) atoms. The molecule has 6 heteroatoms. The van der Waals surface area contributed by atoms with Crippen molar-refractivity contribution in [1.29, 1.82) is 0 Å². The molecule has 1 aliphatic rings. The summed E-state index contributed by atoms with van der Waals surface area (Å²) in [5, 5.41) is 7.48. The fourth-order valence-corrected chi connectivity index (χ4v) is 2.19. The molecule has 2 atom stereocenters. The third kappa shape index (κ3) is 1.98. The van der Waals surface area contributed by atoms with Gasteiger partial charge in [0.25, 0.3) is 0 Å². The molecule has 1 aromatic heterocycles. The fourth-order valence-electron chi connectivity index (χ4n) is 1.94. The minimum absolute atomic E-state index is 0.0236. The predicted octanol–water partition coefficient (Wildman–Crippen LogP) is 0.633. The second kappa shape index (κ2) is 4.53. The van der Waals surface area contributed by atoms with E-state index in [-0.39, 0.29) is 17.9 Å². The Bertz CT molecular complexity index is 385. The summed E-state index contributed by atoms with van der Waals surface area (Å²) in [6.07, 6.45) is 2.26. The summed E-state index contributed by atoms with van der Waals surface area (Å²) in [5.41, 5.74) is 0.455. The van der Waals surface area contributed by atoms with Crippen molar-refractivity contribution in [2.45, 2.75) is 18.6 Å². The fraction of sp³-hybridized carbons (Fsp3) is 0.600. The zero-order valence-electron chi connectivity index (χ0n) is 9.24. The van der Waals surface area contributed by atoms with Gasteiger partial charge in [-0.2, -0.15) is 5.10 Å². The van der Waals surface area contributed by atoms with E-state index in [1.165, 1.54) is 10.9 Å². The first-order chi connectivity index (χ1) is 7.63. The number of rotatable bonds is 3. The third-order valence-corrected chi connectivity index (χ3v) is 3.14. The van der Waals surface area contributed by atoms with Crippen molar-refractivity contribution in [1.82, 2.24) is 15.1 Å². The quantitative estimate of drug-likeness (QED) is 0.792. The van der Waals surface area contributed by atoms with Gasteiger partial charge in [-0.3, -0.25) is 9.48 Å². The molecule has 1 aliphatic heterocycles. The largest absolute Gasteiger partial charge is 0.380 e. The first-order valence-electron chi connectivity index (χ1n) is 5.11. The van der Waals surface area contributed by atoms with E-state index in [9.17, 15) is 4.79 Å². The molecule has 0 saturated carbocycles. The van der Waals surface area contributed by atoms with E-state index in [1.54, 1.807) is 14.2 Å². The molecule has 0 spiro atoms. The number of Topliss-reactive ketones (excluding diaryl/α,β-unsaturated/α-hetero) is 1. The first kappa shape index (κ1) is 11.6. The summed E-state index contributed by atoms with van der Waals surface area (Å²) in [7, 11) is 3.36. The predicted molar refractivity (Wildman–Crippen MR) is 59.8 cm³/mol. The van der Waals surface area contributed by atoms with Gasteiger partial charge >= 0.3 is 0 Å². The lowest BCUT2D eigenvalue weighted by Gasteiger charge is -2.09. The van der Waals surface area contributed by atoms with Crippen molar-refractivity contribution in [3.05, 3.63) is 16.9 Å². The molecule has 0 amide bonds. The molecule has 1 N–H and O–H groups in total. The van der Waals surface area contributed by atoms with Crippen molar-refractivity contribution < 1.29 is 9.53 Å². The van der Waals surface area contributed by atoms with E-state index in [0.29, 0.717) is 23.7 Å². The maximum atomic E-state index is 12.1. The number of carbonyl (C=O) groups excluding carboxylic acids is 1. The topological polar surface area (TPSA) is 56.1 Å². The zero-order chi connectivity index (χ0) is 11.7. The number of methoxy groups -OCH3 is 1.